The lowest BCUT2D eigenvalue weighted by Crippen LogP contribution is -2.43. The molecule has 4 heteroatoms. The van der Waals surface area contributed by atoms with Gasteiger partial charge in [0.05, 0.1) is 0 Å². The summed E-state index contributed by atoms with van der Waals surface area (Å²) in [6, 6.07) is 15.8. The van der Waals surface area contributed by atoms with E-state index in [9.17, 15) is 4.79 Å². The van der Waals surface area contributed by atoms with E-state index in [-0.39, 0.29) is 5.91 Å². The third-order valence-corrected chi connectivity index (χ3v) is 4.50. The molecule has 1 atom stereocenters. The summed E-state index contributed by atoms with van der Waals surface area (Å²) < 4.78 is 11.8. The molecule has 0 aliphatic rings. The first-order valence-corrected chi connectivity index (χ1v) is 9.71. The number of carbonyl (C=O) groups is 1. The fourth-order valence-electron chi connectivity index (χ4n) is 2.94. The van der Waals surface area contributed by atoms with E-state index in [2.05, 4.69) is 12.2 Å². The van der Waals surface area contributed by atoms with Gasteiger partial charge in [0.2, 0.25) is 0 Å². The van der Waals surface area contributed by atoms with E-state index in [0.29, 0.717) is 19.6 Å². The van der Waals surface area contributed by atoms with Gasteiger partial charge in [0, 0.05) is 12.3 Å². The van der Waals surface area contributed by atoms with Crippen molar-refractivity contribution >= 4 is 11.6 Å². The number of hydrogen-bond acceptors (Lipinski definition) is 3. The minimum Gasteiger partial charge on any atom is -0.489 e. The number of aryl methyl sites for hydroxylation is 1. The highest BCUT2D eigenvalue weighted by Gasteiger charge is 2.33. The number of ether oxygens (including phenoxy) is 2. The molecule has 2 rings (SSSR count). The zero-order chi connectivity index (χ0) is 19.7. The monoisotopic (exact) mass is 369 g/mol. The zero-order valence-electron chi connectivity index (χ0n) is 16.9. The SMILES string of the molecule is CCCOC(C)(CCC)C(=O)Nc1ccc(OCc2ccccc2)c(C)c1. The van der Waals surface area contributed by atoms with Gasteiger partial charge in [-0.3, -0.25) is 4.79 Å². The highest BCUT2D eigenvalue weighted by Crippen LogP contribution is 2.25. The van der Waals surface area contributed by atoms with Gasteiger partial charge in [-0.2, -0.15) is 0 Å². The van der Waals surface area contributed by atoms with Crippen LogP contribution in [-0.4, -0.2) is 18.1 Å². The average molecular weight is 370 g/mol. The number of amides is 1. The van der Waals surface area contributed by atoms with Crippen LogP contribution in [0.1, 0.15) is 51.2 Å². The summed E-state index contributed by atoms with van der Waals surface area (Å²) in [5, 5.41) is 3.00. The van der Waals surface area contributed by atoms with Crippen molar-refractivity contribution in [1.29, 1.82) is 0 Å². The van der Waals surface area contributed by atoms with Crippen LogP contribution in [0.5, 0.6) is 5.75 Å². The number of benzene rings is 2. The molecular formula is C23H31NO3. The molecule has 0 aromatic heterocycles. The van der Waals surface area contributed by atoms with Crippen molar-refractivity contribution in [2.75, 3.05) is 11.9 Å². The Morgan fingerprint density at radius 1 is 1.07 bits per heavy atom. The second kappa shape index (κ2) is 10.1. The molecule has 0 aliphatic heterocycles. The lowest BCUT2D eigenvalue weighted by molar-refractivity contribution is -0.140. The van der Waals surface area contributed by atoms with E-state index in [4.69, 9.17) is 9.47 Å². The molecule has 27 heavy (non-hydrogen) atoms. The van der Waals surface area contributed by atoms with E-state index in [1.165, 1.54) is 0 Å². The van der Waals surface area contributed by atoms with Crippen molar-refractivity contribution in [3.63, 3.8) is 0 Å². The summed E-state index contributed by atoms with van der Waals surface area (Å²) in [7, 11) is 0. The molecule has 0 aliphatic carbocycles. The van der Waals surface area contributed by atoms with Gasteiger partial charge in [-0.15, -0.1) is 0 Å². The summed E-state index contributed by atoms with van der Waals surface area (Å²) >= 11 is 0. The van der Waals surface area contributed by atoms with Gasteiger partial charge < -0.3 is 14.8 Å². The maximum atomic E-state index is 12.8. The second-order valence-corrected chi connectivity index (χ2v) is 7.04. The summed E-state index contributed by atoms with van der Waals surface area (Å²) in [5.41, 5.74) is 2.06. The van der Waals surface area contributed by atoms with Crippen molar-refractivity contribution in [2.24, 2.45) is 0 Å². The van der Waals surface area contributed by atoms with Crippen LogP contribution >= 0.6 is 0 Å². The number of hydrogen-bond donors (Lipinski definition) is 1. The Kier molecular flexibility index (Phi) is 7.86. The molecule has 0 radical (unpaired) electrons. The topological polar surface area (TPSA) is 47.6 Å². The van der Waals surface area contributed by atoms with Crippen LogP contribution in [0, 0.1) is 6.92 Å². The van der Waals surface area contributed by atoms with Crippen LogP contribution in [0.2, 0.25) is 0 Å². The molecule has 0 saturated carbocycles. The first kappa shape index (κ1) is 21.0. The van der Waals surface area contributed by atoms with E-state index in [1.807, 2.05) is 69.3 Å². The number of nitrogens with one attached hydrogen (secondary N) is 1. The van der Waals surface area contributed by atoms with Gasteiger partial charge in [-0.05, 0) is 56.0 Å². The first-order valence-electron chi connectivity index (χ1n) is 9.71. The van der Waals surface area contributed by atoms with Crippen LogP contribution in [0.3, 0.4) is 0 Å². The lowest BCUT2D eigenvalue weighted by Gasteiger charge is -2.28. The molecule has 2 aromatic carbocycles. The molecule has 1 unspecified atom stereocenters. The molecule has 4 nitrogen and oxygen atoms in total. The zero-order valence-corrected chi connectivity index (χ0v) is 16.9. The fraction of sp³-hybridized carbons (Fsp3) is 0.435. The van der Waals surface area contributed by atoms with Gasteiger partial charge in [0.1, 0.15) is 18.0 Å². The molecule has 0 bridgehead atoms. The maximum Gasteiger partial charge on any atom is 0.256 e. The van der Waals surface area contributed by atoms with Crippen molar-refractivity contribution in [1.82, 2.24) is 0 Å². The van der Waals surface area contributed by atoms with Crippen molar-refractivity contribution in [2.45, 2.75) is 59.2 Å². The van der Waals surface area contributed by atoms with Crippen LogP contribution in [0.4, 0.5) is 5.69 Å². The normalized spacial score (nSPS) is 13.0. The standard InChI is InChI=1S/C23H31NO3/c1-5-14-23(4,27-15-6-2)22(25)24-20-12-13-21(18(3)16-20)26-17-19-10-8-7-9-11-19/h7-13,16H,5-6,14-15,17H2,1-4H3,(H,24,25). The third-order valence-electron chi connectivity index (χ3n) is 4.50. The maximum absolute atomic E-state index is 12.8. The fourth-order valence-corrected chi connectivity index (χ4v) is 2.94. The first-order chi connectivity index (χ1) is 13.0. The molecule has 0 fully saturated rings. The Balaban J connectivity index is 2.02. The Labute approximate surface area is 162 Å². The molecule has 146 valence electrons. The number of anilines is 1. The molecule has 1 N–H and O–H groups in total. The highest BCUT2D eigenvalue weighted by molar-refractivity contribution is 5.97. The van der Waals surface area contributed by atoms with Crippen molar-refractivity contribution < 1.29 is 14.3 Å². The minimum absolute atomic E-state index is 0.102. The molecule has 0 spiro atoms. The summed E-state index contributed by atoms with van der Waals surface area (Å²) in [6.45, 7) is 9.05. The number of carbonyl (C=O) groups excluding carboxylic acids is 1. The Morgan fingerprint density at radius 2 is 1.81 bits per heavy atom. The van der Waals surface area contributed by atoms with Gasteiger partial charge in [0.15, 0.2) is 0 Å². The van der Waals surface area contributed by atoms with Crippen molar-refractivity contribution in [3.05, 3.63) is 59.7 Å². The quantitative estimate of drug-likeness (QED) is 0.602. The molecule has 1 amide bonds. The summed E-state index contributed by atoms with van der Waals surface area (Å²) in [4.78, 5) is 12.8. The van der Waals surface area contributed by atoms with E-state index in [1.54, 1.807) is 0 Å². The van der Waals surface area contributed by atoms with E-state index in [0.717, 1.165) is 35.4 Å². The minimum atomic E-state index is -0.804. The van der Waals surface area contributed by atoms with Crippen LogP contribution < -0.4 is 10.1 Å². The highest BCUT2D eigenvalue weighted by atomic mass is 16.5. The lowest BCUT2D eigenvalue weighted by atomic mass is 9.98. The van der Waals surface area contributed by atoms with Crippen molar-refractivity contribution in [3.8, 4) is 5.75 Å². The van der Waals surface area contributed by atoms with Gasteiger partial charge >= 0.3 is 0 Å². The van der Waals surface area contributed by atoms with E-state index >= 15 is 0 Å². The van der Waals surface area contributed by atoms with Crippen LogP contribution in [-0.2, 0) is 16.1 Å². The van der Waals surface area contributed by atoms with Gasteiger partial charge in [0.25, 0.3) is 5.91 Å². The Hall–Kier alpha value is -2.33. The largest absolute Gasteiger partial charge is 0.489 e. The van der Waals surface area contributed by atoms with Gasteiger partial charge in [-0.25, -0.2) is 0 Å². The summed E-state index contributed by atoms with van der Waals surface area (Å²) in [6.07, 6.45) is 2.47. The second-order valence-electron chi connectivity index (χ2n) is 7.04. The third kappa shape index (κ3) is 6.10. The number of rotatable bonds is 10. The Bertz CT molecular complexity index is 730. The molecule has 0 saturated heterocycles. The van der Waals surface area contributed by atoms with E-state index < -0.39 is 5.60 Å². The predicted octanol–water partition coefficient (Wildman–Crippen LogP) is 5.50. The van der Waals surface area contributed by atoms with Gasteiger partial charge in [-0.1, -0.05) is 50.6 Å². The predicted molar refractivity (Wildman–Crippen MR) is 110 cm³/mol. The molecule has 0 heterocycles. The smallest absolute Gasteiger partial charge is 0.256 e. The summed E-state index contributed by atoms with van der Waals surface area (Å²) in [5.74, 6) is 0.713. The average Bonchev–Trinajstić information content (AvgIpc) is 2.67. The van der Waals surface area contributed by atoms with Crippen LogP contribution in [0.15, 0.2) is 48.5 Å². The van der Waals surface area contributed by atoms with Crippen LogP contribution in [0.25, 0.3) is 0 Å². The Morgan fingerprint density at radius 3 is 2.44 bits per heavy atom. The molecule has 2 aromatic rings. The molecular weight excluding hydrogens is 338 g/mol.